The number of carbonyl (C=O) groups excluding carboxylic acids is 2. The average Bonchev–Trinajstić information content (AvgIpc) is 3.95. The van der Waals surface area contributed by atoms with Crippen molar-refractivity contribution in [2.24, 2.45) is 11.8 Å². The van der Waals surface area contributed by atoms with Crippen LogP contribution in [0.15, 0.2) is 60.9 Å². The van der Waals surface area contributed by atoms with Crippen molar-refractivity contribution in [3.8, 4) is 11.6 Å². The van der Waals surface area contributed by atoms with Gasteiger partial charge in [0.05, 0.1) is 50.1 Å². The maximum Gasteiger partial charge on any atom is 0.306 e. The Morgan fingerprint density at radius 3 is 2.45 bits per heavy atom. The Bertz CT molecular complexity index is 1490. The summed E-state index contributed by atoms with van der Waals surface area (Å²) in [6.07, 6.45) is 7.92. The van der Waals surface area contributed by atoms with Crippen molar-refractivity contribution in [3.05, 3.63) is 72.1 Å². The van der Waals surface area contributed by atoms with E-state index in [1.165, 1.54) is 0 Å². The molecule has 1 aliphatic carbocycles. The molecule has 0 N–H and O–H groups in total. The molecule has 1 amide bonds. The number of methoxy groups -OCH3 is 2. The summed E-state index contributed by atoms with van der Waals surface area (Å²) in [5.41, 5.74) is 1.94. The number of esters is 1. The highest BCUT2D eigenvalue weighted by atomic mass is 16.5. The number of hydrogen-bond acceptors (Lipinski definition) is 9. The standard InChI is InChI=1S/C37H48N4O6/c1-6-46-35(42)23-31(27-10-11-27)28-14-18-39-34(21-28)47-24-26-15-19-40(20-16-26)32-22-29(44-4)12-13-30(32)36(43)41(25-37(2,3)45-5)33-9-7-8-17-38-33/h7-9,12-14,17-18,21-22,26-27,31H,6,10-11,15-16,19-20,23-25H2,1-5H3. The average molecular weight is 645 g/mol. The van der Waals surface area contributed by atoms with Gasteiger partial charge in [-0.3, -0.25) is 14.5 Å². The van der Waals surface area contributed by atoms with Crippen LogP contribution in [0.2, 0.25) is 0 Å². The molecular formula is C37H48N4O6. The molecule has 252 valence electrons. The fourth-order valence-corrected chi connectivity index (χ4v) is 6.17. The summed E-state index contributed by atoms with van der Waals surface area (Å²) >= 11 is 0. The Hall–Kier alpha value is -4.18. The molecule has 2 fully saturated rings. The van der Waals surface area contributed by atoms with Gasteiger partial charge in [0.15, 0.2) is 0 Å². The Balaban J connectivity index is 1.26. The minimum absolute atomic E-state index is 0.136. The van der Waals surface area contributed by atoms with E-state index in [0.717, 1.165) is 50.0 Å². The second-order valence-electron chi connectivity index (χ2n) is 13.0. The first-order valence-electron chi connectivity index (χ1n) is 16.7. The van der Waals surface area contributed by atoms with Crippen LogP contribution >= 0.6 is 0 Å². The quantitative estimate of drug-likeness (QED) is 0.176. The van der Waals surface area contributed by atoms with Crippen LogP contribution in [0.5, 0.6) is 11.6 Å². The van der Waals surface area contributed by atoms with Crippen LogP contribution in [0.1, 0.15) is 74.7 Å². The van der Waals surface area contributed by atoms with E-state index in [4.69, 9.17) is 18.9 Å². The molecule has 10 heteroatoms. The number of ether oxygens (including phenoxy) is 4. The van der Waals surface area contributed by atoms with Gasteiger partial charge in [0.2, 0.25) is 5.88 Å². The molecule has 0 spiro atoms. The van der Waals surface area contributed by atoms with Crippen LogP contribution < -0.4 is 19.3 Å². The summed E-state index contributed by atoms with van der Waals surface area (Å²) in [5.74, 6) is 2.55. The number of carbonyl (C=O) groups is 2. The summed E-state index contributed by atoms with van der Waals surface area (Å²) in [5, 5.41) is 0. The second-order valence-corrected chi connectivity index (χ2v) is 13.0. The van der Waals surface area contributed by atoms with Gasteiger partial charge in [-0.1, -0.05) is 6.07 Å². The molecule has 1 saturated heterocycles. The lowest BCUT2D eigenvalue weighted by atomic mass is 9.92. The summed E-state index contributed by atoms with van der Waals surface area (Å²) in [6.45, 7) is 8.58. The molecule has 2 aliphatic rings. The fourth-order valence-electron chi connectivity index (χ4n) is 6.17. The minimum Gasteiger partial charge on any atom is -0.497 e. The third-order valence-corrected chi connectivity index (χ3v) is 9.19. The maximum absolute atomic E-state index is 14.2. The number of benzene rings is 1. The molecule has 0 bridgehead atoms. The maximum atomic E-state index is 14.2. The zero-order valence-corrected chi connectivity index (χ0v) is 28.3. The lowest BCUT2D eigenvalue weighted by molar-refractivity contribution is -0.143. The first-order valence-corrected chi connectivity index (χ1v) is 16.7. The molecule has 47 heavy (non-hydrogen) atoms. The lowest BCUT2D eigenvalue weighted by Gasteiger charge is -2.36. The van der Waals surface area contributed by atoms with E-state index in [9.17, 15) is 9.59 Å². The van der Waals surface area contributed by atoms with Crippen LogP contribution in [-0.4, -0.2) is 74.5 Å². The van der Waals surface area contributed by atoms with E-state index >= 15 is 0 Å². The van der Waals surface area contributed by atoms with Gasteiger partial charge in [-0.2, -0.15) is 0 Å². The van der Waals surface area contributed by atoms with Crippen LogP contribution in [0.25, 0.3) is 0 Å². The van der Waals surface area contributed by atoms with Crippen LogP contribution in [-0.2, 0) is 14.3 Å². The highest BCUT2D eigenvalue weighted by Crippen LogP contribution is 2.45. The molecule has 0 radical (unpaired) electrons. The topological polar surface area (TPSA) is 103 Å². The summed E-state index contributed by atoms with van der Waals surface area (Å²) in [6, 6.07) is 15.2. The van der Waals surface area contributed by atoms with Crippen molar-refractivity contribution in [3.63, 3.8) is 0 Å². The van der Waals surface area contributed by atoms with Crippen LogP contribution in [0.4, 0.5) is 11.5 Å². The van der Waals surface area contributed by atoms with Gasteiger partial charge in [0, 0.05) is 44.7 Å². The van der Waals surface area contributed by atoms with E-state index in [1.807, 2.05) is 69.3 Å². The van der Waals surface area contributed by atoms with E-state index in [1.54, 1.807) is 31.5 Å². The normalized spacial score (nSPS) is 16.0. The van der Waals surface area contributed by atoms with Gasteiger partial charge in [-0.15, -0.1) is 0 Å². The summed E-state index contributed by atoms with van der Waals surface area (Å²) in [7, 11) is 3.29. The van der Waals surface area contributed by atoms with Crippen molar-refractivity contribution < 1.29 is 28.5 Å². The number of hydrogen-bond donors (Lipinski definition) is 0. The number of rotatable bonds is 15. The molecular weight excluding hydrogens is 596 g/mol. The van der Waals surface area contributed by atoms with Crippen molar-refractivity contribution in [2.75, 3.05) is 56.9 Å². The molecule has 1 aromatic carbocycles. The zero-order chi connectivity index (χ0) is 33.4. The Morgan fingerprint density at radius 2 is 1.79 bits per heavy atom. The highest BCUT2D eigenvalue weighted by Gasteiger charge is 2.35. The van der Waals surface area contributed by atoms with Gasteiger partial charge in [-0.05, 0) is 100 Å². The molecule has 3 heterocycles. The zero-order valence-electron chi connectivity index (χ0n) is 28.3. The minimum atomic E-state index is -0.577. The van der Waals surface area contributed by atoms with Crippen molar-refractivity contribution in [1.29, 1.82) is 0 Å². The first-order chi connectivity index (χ1) is 22.7. The highest BCUT2D eigenvalue weighted by molar-refractivity contribution is 6.09. The number of nitrogens with zero attached hydrogens (tertiary/aromatic N) is 4. The molecule has 1 unspecified atom stereocenters. The van der Waals surface area contributed by atoms with E-state index < -0.39 is 5.60 Å². The third kappa shape index (κ3) is 9.00. The number of amides is 1. The predicted octanol–water partition coefficient (Wildman–Crippen LogP) is 6.30. The SMILES string of the molecule is CCOC(=O)CC(c1ccnc(OCC2CCN(c3cc(OC)ccc3C(=O)N(CC(C)(C)OC)c3ccccn3)CC2)c1)C1CC1. The Kier molecular flexibility index (Phi) is 11.3. The molecule has 10 nitrogen and oxygen atoms in total. The van der Waals surface area contributed by atoms with Crippen molar-refractivity contribution >= 4 is 23.4 Å². The fraction of sp³-hybridized carbons (Fsp3) is 0.514. The van der Waals surface area contributed by atoms with Crippen molar-refractivity contribution in [2.45, 2.75) is 64.4 Å². The Morgan fingerprint density at radius 1 is 1.00 bits per heavy atom. The van der Waals surface area contributed by atoms with E-state index in [0.29, 0.717) is 61.0 Å². The predicted molar refractivity (Wildman–Crippen MR) is 181 cm³/mol. The third-order valence-electron chi connectivity index (χ3n) is 9.19. The number of aromatic nitrogens is 2. The van der Waals surface area contributed by atoms with Crippen LogP contribution in [0, 0.1) is 11.8 Å². The van der Waals surface area contributed by atoms with Gasteiger partial charge in [-0.25, -0.2) is 9.97 Å². The second kappa shape index (κ2) is 15.6. The number of anilines is 2. The molecule has 3 aromatic rings. The van der Waals surface area contributed by atoms with E-state index in [2.05, 4.69) is 14.9 Å². The lowest BCUT2D eigenvalue weighted by Crippen LogP contribution is -2.44. The molecule has 1 aliphatic heterocycles. The van der Waals surface area contributed by atoms with Gasteiger partial charge < -0.3 is 23.8 Å². The molecule has 1 saturated carbocycles. The molecule has 2 aromatic heterocycles. The summed E-state index contributed by atoms with van der Waals surface area (Å²) < 4.78 is 22.7. The number of pyridine rings is 2. The largest absolute Gasteiger partial charge is 0.497 e. The smallest absolute Gasteiger partial charge is 0.306 e. The Labute approximate surface area is 278 Å². The van der Waals surface area contributed by atoms with Gasteiger partial charge >= 0.3 is 5.97 Å². The summed E-state index contributed by atoms with van der Waals surface area (Å²) in [4.78, 5) is 39.4. The van der Waals surface area contributed by atoms with E-state index in [-0.39, 0.29) is 17.8 Å². The van der Waals surface area contributed by atoms with Crippen LogP contribution in [0.3, 0.4) is 0 Å². The monoisotopic (exact) mass is 644 g/mol. The first kappa shape index (κ1) is 34.2. The van der Waals surface area contributed by atoms with Gasteiger partial charge in [0.25, 0.3) is 5.91 Å². The van der Waals surface area contributed by atoms with Gasteiger partial charge in [0.1, 0.15) is 11.6 Å². The number of piperidine rings is 1. The molecule has 5 rings (SSSR count). The molecule has 1 atom stereocenters. The van der Waals surface area contributed by atoms with Crippen molar-refractivity contribution in [1.82, 2.24) is 9.97 Å².